The lowest BCUT2D eigenvalue weighted by molar-refractivity contribution is -0.123. The number of nitrogens with one attached hydrogen (secondary N) is 1. The summed E-state index contributed by atoms with van der Waals surface area (Å²) in [5.74, 6) is 0.148. The molecule has 0 radical (unpaired) electrons. The fraction of sp³-hybridized carbons (Fsp3) is 0.462. The minimum absolute atomic E-state index is 0.0153. The van der Waals surface area contributed by atoms with Gasteiger partial charge in [0.05, 0.1) is 17.5 Å². The van der Waals surface area contributed by atoms with Crippen molar-refractivity contribution < 1.29 is 9.53 Å². The standard InChI is InChI=1S/C13H19ClN2O2/c1-8(2)9(3)18-7-13(17)16-12-5-4-10(14)6-11(12)15/h4-6,8-9H,7,15H2,1-3H3,(H,16,17). The summed E-state index contributed by atoms with van der Waals surface area (Å²) in [5.41, 5.74) is 6.72. The van der Waals surface area contributed by atoms with Gasteiger partial charge in [0.25, 0.3) is 0 Å². The number of amides is 1. The van der Waals surface area contributed by atoms with Crippen molar-refractivity contribution in [3.63, 3.8) is 0 Å². The average Bonchev–Trinajstić information content (AvgIpc) is 2.29. The van der Waals surface area contributed by atoms with Crippen molar-refractivity contribution in [3.8, 4) is 0 Å². The Hall–Kier alpha value is -1.26. The van der Waals surface area contributed by atoms with Crippen molar-refractivity contribution in [2.24, 2.45) is 5.92 Å². The molecule has 0 saturated heterocycles. The van der Waals surface area contributed by atoms with Crippen LogP contribution in [0.5, 0.6) is 0 Å². The van der Waals surface area contributed by atoms with Crippen molar-refractivity contribution in [1.82, 2.24) is 0 Å². The number of carbonyl (C=O) groups excluding carboxylic acids is 1. The number of rotatable bonds is 5. The van der Waals surface area contributed by atoms with Gasteiger partial charge in [-0.05, 0) is 31.0 Å². The number of hydrogen-bond acceptors (Lipinski definition) is 3. The smallest absolute Gasteiger partial charge is 0.250 e. The molecule has 1 aromatic carbocycles. The zero-order valence-electron chi connectivity index (χ0n) is 10.9. The van der Waals surface area contributed by atoms with Gasteiger partial charge in [-0.1, -0.05) is 25.4 Å². The molecule has 0 saturated carbocycles. The summed E-state index contributed by atoms with van der Waals surface area (Å²) in [5, 5.41) is 3.22. The van der Waals surface area contributed by atoms with E-state index < -0.39 is 0 Å². The minimum Gasteiger partial charge on any atom is -0.397 e. The van der Waals surface area contributed by atoms with Gasteiger partial charge in [-0.3, -0.25) is 4.79 Å². The number of carbonyl (C=O) groups is 1. The average molecular weight is 271 g/mol. The van der Waals surface area contributed by atoms with E-state index in [2.05, 4.69) is 5.32 Å². The molecule has 4 nitrogen and oxygen atoms in total. The van der Waals surface area contributed by atoms with Gasteiger partial charge < -0.3 is 15.8 Å². The fourth-order valence-electron chi connectivity index (χ4n) is 1.23. The SMILES string of the molecule is CC(C)C(C)OCC(=O)Nc1ccc(Cl)cc1N. The van der Waals surface area contributed by atoms with Crippen molar-refractivity contribution in [2.45, 2.75) is 26.9 Å². The third-order valence-electron chi connectivity index (χ3n) is 2.70. The maximum absolute atomic E-state index is 11.7. The lowest BCUT2D eigenvalue weighted by Crippen LogP contribution is -2.24. The van der Waals surface area contributed by atoms with Crippen molar-refractivity contribution >= 4 is 28.9 Å². The summed E-state index contributed by atoms with van der Waals surface area (Å²) >= 11 is 5.77. The van der Waals surface area contributed by atoms with Crippen molar-refractivity contribution in [3.05, 3.63) is 23.2 Å². The highest BCUT2D eigenvalue weighted by atomic mass is 35.5. The van der Waals surface area contributed by atoms with Crippen molar-refractivity contribution in [2.75, 3.05) is 17.7 Å². The van der Waals surface area contributed by atoms with E-state index in [0.717, 1.165) is 0 Å². The van der Waals surface area contributed by atoms with Crippen LogP contribution in [-0.2, 0) is 9.53 Å². The molecule has 1 unspecified atom stereocenters. The van der Waals surface area contributed by atoms with Crippen molar-refractivity contribution in [1.29, 1.82) is 0 Å². The monoisotopic (exact) mass is 270 g/mol. The zero-order valence-corrected chi connectivity index (χ0v) is 11.6. The van der Waals surface area contributed by atoms with E-state index in [1.54, 1.807) is 18.2 Å². The molecule has 0 aliphatic heterocycles. The largest absolute Gasteiger partial charge is 0.397 e. The molecule has 18 heavy (non-hydrogen) atoms. The lowest BCUT2D eigenvalue weighted by atomic mass is 10.1. The van der Waals surface area contributed by atoms with Crippen LogP contribution < -0.4 is 11.1 Å². The number of ether oxygens (including phenoxy) is 1. The predicted octanol–water partition coefficient (Wildman–Crippen LogP) is 2.92. The number of anilines is 2. The maximum atomic E-state index is 11.7. The Morgan fingerprint density at radius 3 is 2.67 bits per heavy atom. The van der Waals surface area contributed by atoms with E-state index in [-0.39, 0.29) is 18.6 Å². The Morgan fingerprint density at radius 1 is 1.44 bits per heavy atom. The van der Waals surface area contributed by atoms with E-state index in [9.17, 15) is 4.79 Å². The van der Waals surface area contributed by atoms with Gasteiger partial charge >= 0.3 is 0 Å². The highest BCUT2D eigenvalue weighted by Crippen LogP contribution is 2.22. The minimum atomic E-state index is -0.225. The van der Waals surface area contributed by atoms with Gasteiger partial charge in [-0.2, -0.15) is 0 Å². The molecule has 1 atom stereocenters. The number of nitrogens with two attached hydrogens (primary N) is 1. The first-order valence-corrected chi connectivity index (χ1v) is 6.24. The van der Waals surface area contributed by atoms with E-state index in [1.165, 1.54) is 0 Å². The predicted molar refractivity (Wildman–Crippen MR) is 74.7 cm³/mol. The van der Waals surface area contributed by atoms with Crippen LogP contribution in [0, 0.1) is 5.92 Å². The van der Waals surface area contributed by atoms with Gasteiger partial charge in [-0.15, -0.1) is 0 Å². The van der Waals surface area contributed by atoms with E-state index in [1.807, 2.05) is 20.8 Å². The molecular formula is C13H19ClN2O2. The van der Waals surface area contributed by atoms with Crippen LogP contribution in [0.2, 0.25) is 5.02 Å². The molecule has 0 heterocycles. The van der Waals surface area contributed by atoms with Gasteiger partial charge in [0.1, 0.15) is 6.61 Å². The van der Waals surface area contributed by atoms with Gasteiger partial charge in [0.2, 0.25) is 5.91 Å². The second kappa shape index (κ2) is 6.61. The molecular weight excluding hydrogens is 252 g/mol. The molecule has 0 fully saturated rings. The van der Waals surface area contributed by atoms with Crippen LogP contribution in [0.15, 0.2) is 18.2 Å². The summed E-state index contributed by atoms with van der Waals surface area (Å²) in [7, 11) is 0. The summed E-state index contributed by atoms with van der Waals surface area (Å²) in [6, 6.07) is 4.93. The Labute approximate surface area is 112 Å². The van der Waals surface area contributed by atoms with Crippen LogP contribution in [0.4, 0.5) is 11.4 Å². The number of halogens is 1. The Bertz CT molecular complexity index is 421. The number of hydrogen-bond donors (Lipinski definition) is 2. The van der Waals surface area contributed by atoms with Gasteiger partial charge in [0, 0.05) is 5.02 Å². The first-order chi connectivity index (χ1) is 8.40. The van der Waals surface area contributed by atoms with Crippen LogP contribution in [0.3, 0.4) is 0 Å². The van der Waals surface area contributed by atoms with Gasteiger partial charge in [-0.25, -0.2) is 0 Å². The van der Waals surface area contributed by atoms with Crippen LogP contribution in [-0.4, -0.2) is 18.6 Å². The second-order valence-corrected chi connectivity index (χ2v) is 4.98. The molecule has 1 aromatic rings. The summed E-state index contributed by atoms with van der Waals surface area (Å²) < 4.78 is 5.42. The molecule has 3 N–H and O–H groups in total. The molecule has 0 aromatic heterocycles. The van der Waals surface area contributed by atoms with Crippen LogP contribution in [0.1, 0.15) is 20.8 Å². The zero-order chi connectivity index (χ0) is 13.7. The highest BCUT2D eigenvalue weighted by Gasteiger charge is 2.11. The summed E-state index contributed by atoms with van der Waals surface area (Å²) in [6.07, 6.45) is 0.0401. The summed E-state index contributed by atoms with van der Waals surface area (Å²) in [6.45, 7) is 6.04. The van der Waals surface area contributed by atoms with Crippen LogP contribution >= 0.6 is 11.6 Å². The highest BCUT2D eigenvalue weighted by molar-refractivity contribution is 6.31. The topological polar surface area (TPSA) is 64.3 Å². The Kier molecular flexibility index (Phi) is 5.44. The number of benzene rings is 1. The first kappa shape index (κ1) is 14.8. The maximum Gasteiger partial charge on any atom is 0.250 e. The molecule has 1 rings (SSSR count). The molecule has 1 amide bonds. The van der Waals surface area contributed by atoms with Crippen LogP contribution in [0.25, 0.3) is 0 Å². The molecule has 0 aliphatic rings. The Balaban J connectivity index is 2.50. The molecule has 0 aliphatic carbocycles. The number of nitrogen functional groups attached to an aromatic ring is 1. The first-order valence-electron chi connectivity index (χ1n) is 5.86. The molecule has 5 heteroatoms. The van der Waals surface area contributed by atoms with Gasteiger partial charge in [0.15, 0.2) is 0 Å². The van der Waals surface area contributed by atoms with E-state index in [4.69, 9.17) is 22.1 Å². The van der Waals surface area contributed by atoms with E-state index >= 15 is 0 Å². The van der Waals surface area contributed by atoms with E-state index in [0.29, 0.717) is 22.3 Å². The fourth-order valence-corrected chi connectivity index (χ4v) is 1.41. The third kappa shape index (κ3) is 4.55. The lowest BCUT2D eigenvalue weighted by Gasteiger charge is -2.16. The molecule has 100 valence electrons. The second-order valence-electron chi connectivity index (χ2n) is 4.54. The summed E-state index contributed by atoms with van der Waals surface area (Å²) in [4.78, 5) is 11.7. The molecule has 0 bridgehead atoms. The third-order valence-corrected chi connectivity index (χ3v) is 2.94. The normalized spacial score (nSPS) is 12.5. The Morgan fingerprint density at radius 2 is 2.11 bits per heavy atom. The molecule has 0 spiro atoms. The quantitative estimate of drug-likeness (QED) is 0.809.